The Balaban J connectivity index is 1.90. The van der Waals surface area contributed by atoms with Crippen molar-refractivity contribution in [2.45, 2.75) is 6.04 Å². The highest BCUT2D eigenvalue weighted by Gasteiger charge is 2.28. The fourth-order valence-corrected chi connectivity index (χ4v) is 2.81. The number of fused-ring (bicyclic) bond motifs is 1. The number of benzene rings is 1. The lowest BCUT2D eigenvalue weighted by Crippen LogP contribution is -2.27. The molecule has 0 radical (unpaired) electrons. The minimum atomic E-state index is -0.319. The molecule has 1 aliphatic rings. The summed E-state index contributed by atoms with van der Waals surface area (Å²) in [6.07, 6.45) is 4.76. The first-order valence-electron chi connectivity index (χ1n) is 7.63. The summed E-state index contributed by atoms with van der Waals surface area (Å²) in [6.45, 7) is 0. The number of carbonyl (C=O) groups is 1. The topological polar surface area (TPSA) is 58.5 Å². The van der Waals surface area contributed by atoms with Crippen LogP contribution in [0.5, 0.6) is 0 Å². The summed E-state index contributed by atoms with van der Waals surface area (Å²) in [7, 11) is 0. The Morgan fingerprint density at radius 3 is 2.33 bits per heavy atom. The third kappa shape index (κ3) is 2.46. The zero-order chi connectivity index (χ0) is 16.4. The van der Waals surface area contributed by atoms with Crippen molar-refractivity contribution in [2.24, 2.45) is 4.99 Å². The van der Waals surface area contributed by atoms with Crippen molar-refractivity contribution in [1.29, 1.82) is 0 Å². The lowest BCUT2D eigenvalue weighted by molar-refractivity contribution is -0.111. The number of rotatable bonds is 2. The van der Waals surface area contributed by atoms with E-state index in [1.54, 1.807) is 17.3 Å². The van der Waals surface area contributed by atoms with Crippen molar-refractivity contribution >= 4 is 23.6 Å². The molecule has 0 spiro atoms. The first kappa shape index (κ1) is 14.3. The molecule has 1 aliphatic heterocycles. The molecule has 3 aromatic rings. The number of carbonyl (C=O) groups excluding carboxylic acids is 1. The quantitative estimate of drug-likeness (QED) is 0.729. The van der Waals surface area contributed by atoms with Crippen LogP contribution in [0.1, 0.15) is 17.3 Å². The molecule has 5 heteroatoms. The molecule has 0 aliphatic carbocycles. The molecule has 1 unspecified atom stereocenters. The lowest BCUT2D eigenvalue weighted by Gasteiger charge is -2.22. The van der Waals surface area contributed by atoms with E-state index >= 15 is 0 Å². The van der Waals surface area contributed by atoms with Gasteiger partial charge in [-0.2, -0.15) is 0 Å². The molecule has 0 fully saturated rings. The maximum Gasteiger partial charge on any atom is 0.274 e. The Morgan fingerprint density at radius 1 is 0.833 bits per heavy atom. The van der Waals surface area contributed by atoms with Gasteiger partial charge in [0.15, 0.2) is 0 Å². The summed E-state index contributed by atoms with van der Waals surface area (Å²) < 4.78 is 0. The number of hydrogen-bond donors (Lipinski definition) is 0. The van der Waals surface area contributed by atoms with E-state index < -0.39 is 0 Å². The molecule has 1 atom stereocenters. The molecule has 5 nitrogen and oxygen atoms in total. The van der Waals surface area contributed by atoms with Gasteiger partial charge in [0.05, 0.1) is 17.6 Å². The van der Waals surface area contributed by atoms with Crippen LogP contribution in [0, 0.1) is 0 Å². The molecule has 1 aromatic carbocycles. The molecular weight excluding hydrogens is 300 g/mol. The molecular formula is C19H14N4O. The minimum absolute atomic E-state index is 0.223. The van der Waals surface area contributed by atoms with Gasteiger partial charge in [0.2, 0.25) is 0 Å². The van der Waals surface area contributed by atoms with Crippen LogP contribution < -0.4 is 4.90 Å². The molecule has 2 aromatic heterocycles. The largest absolute Gasteiger partial charge is 0.274 e. The van der Waals surface area contributed by atoms with E-state index in [0.717, 1.165) is 16.9 Å². The fraction of sp³-hybridized carbons (Fsp3) is 0.0526. The van der Waals surface area contributed by atoms with Gasteiger partial charge in [-0.3, -0.25) is 19.7 Å². The number of aliphatic imine (C=N–C) groups is 1. The van der Waals surface area contributed by atoms with Gasteiger partial charge in [0.25, 0.3) is 5.91 Å². The van der Waals surface area contributed by atoms with Crippen LogP contribution in [0.15, 0.2) is 78.0 Å². The molecule has 116 valence electrons. The van der Waals surface area contributed by atoms with Crippen LogP contribution in [0.4, 0.5) is 11.5 Å². The van der Waals surface area contributed by atoms with Gasteiger partial charge in [0, 0.05) is 18.0 Å². The van der Waals surface area contributed by atoms with Crippen molar-refractivity contribution in [3.63, 3.8) is 0 Å². The van der Waals surface area contributed by atoms with Gasteiger partial charge in [-0.15, -0.1) is 0 Å². The molecule has 0 saturated heterocycles. The van der Waals surface area contributed by atoms with E-state index in [9.17, 15) is 4.79 Å². The predicted molar refractivity (Wildman–Crippen MR) is 92.4 cm³/mol. The summed E-state index contributed by atoms with van der Waals surface area (Å²) in [4.78, 5) is 27.5. The van der Waals surface area contributed by atoms with E-state index in [1.807, 2.05) is 60.7 Å². The van der Waals surface area contributed by atoms with Crippen molar-refractivity contribution < 1.29 is 4.79 Å². The van der Waals surface area contributed by atoms with Gasteiger partial charge in [-0.05, 0) is 30.3 Å². The standard InChI is InChI=1S/C19H14N4O/c24-18-13-22-19(15-8-3-5-11-20-15)14-7-1-2-9-16(14)23(18)17-10-4-6-12-21-17/h1-13,19H. The lowest BCUT2D eigenvalue weighted by atomic mass is 10.0. The average molecular weight is 314 g/mol. The van der Waals surface area contributed by atoms with Crippen molar-refractivity contribution in [3.05, 3.63) is 84.3 Å². The number of para-hydroxylation sites is 1. The molecule has 0 saturated carbocycles. The summed E-state index contributed by atoms with van der Waals surface area (Å²) in [5.74, 6) is 0.350. The molecule has 0 N–H and O–H groups in total. The molecule has 4 rings (SSSR count). The first-order chi connectivity index (χ1) is 11.8. The van der Waals surface area contributed by atoms with Crippen LogP contribution in [0.25, 0.3) is 0 Å². The third-order valence-electron chi connectivity index (χ3n) is 3.87. The van der Waals surface area contributed by atoms with Crippen molar-refractivity contribution in [3.8, 4) is 0 Å². The zero-order valence-corrected chi connectivity index (χ0v) is 12.8. The maximum atomic E-state index is 12.7. The second-order valence-corrected chi connectivity index (χ2v) is 5.36. The van der Waals surface area contributed by atoms with E-state index in [4.69, 9.17) is 0 Å². The Kier molecular flexibility index (Phi) is 3.59. The fourth-order valence-electron chi connectivity index (χ4n) is 2.81. The van der Waals surface area contributed by atoms with E-state index in [1.165, 1.54) is 6.21 Å². The normalized spacial score (nSPS) is 16.6. The Bertz CT molecular complexity index is 894. The number of nitrogens with zero attached hydrogens (tertiary/aromatic N) is 4. The van der Waals surface area contributed by atoms with Crippen LogP contribution in [-0.4, -0.2) is 22.1 Å². The van der Waals surface area contributed by atoms with E-state index in [2.05, 4.69) is 15.0 Å². The average Bonchev–Trinajstić information content (AvgIpc) is 2.79. The summed E-state index contributed by atoms with van der Waals surface area (Å²) in [5.41, 5.74) is 2.50. The number of pyridine rings is 2. The second-order valence-electron chi connectivity index (χ2n) is 5.36. The maximum absolute atomic E-state index is 12.7. The highest BCUT2D eigenvalue weighted by atomic mass is 16.2. The van der Waals surface area contributed by atoms with Gasteiger partial charge in [-0.1, -0.05) is 30.3 Å². The summed E-state index contributed by atoms with van der Waals surface area (Å²) >= 11 is 0. The molecule has 24 heavy (non-hydrogen) atoms. The Hall–Kier alpha value is -3.34. The van der Waals surface area contributed by atoms with E-state index in [0.29, 0.717) is 5.82 Å². The number of hydrogen-bond acceptors (Lipinski definition) is 4. The predicted octanol–water partition coefficient (Wildman–Crippen LogP) is 3.32. The van der Waals surface area contributed by atoms with Crippen molar-refractivity contribution in [1.82, 2.24) is 9.97 Å². The van der Waals surface area contributed by atoms with Gasteiger partial charge in [-0.25, -0.2) is 4.98 Å². The highest BCUT2D eigenvalue weighted by Crippen LogP contribution is 2.37. The number of amides is 1. The molecule has 1 amide bonds. The number of aromatic nitrogens is 2. The second kappa shape index (κ2) is 6.04. The van der Waals surface area contributed by atoms with Gasteiger partial charge in [0.1, 0.15) is 11.9 Å². The van der Waals surface area contributed by atoms with Gasteiger partial charge >= 0.3 is 0 Å². The zero-order valence-electron chi connectivity index (χ0n) is 12.8. The van der Waals surface area contributed by atoms with Gasteiger partial charge < -0.3 is 0 Å². The number of anilines is 2. The molecule has 3 heterocycles. The summed E-state index contributed by atoms with van der Waals surface area (Å²) in [6, 6.07) is 18.6. The van der Waals surface area contributed by atoms with Crippen molar-refractivity contribution in [2.75, 3.05) is 4.90 Å². The van der Waals surface area contributed by atoms with Crippen LogP contribution >= 0.6 is 0 Å². The SMILES string of the molecule is O=C1C=NC(c2ccccn2)c2ccccc2N1c1ccccn1. The smallest absolute Gasteiger partial charge is 0.273 e. The minimum Gasteiger partial charge on any atom is -0.273 e. The third-order valence-corrected chi connectivity index (χ3v) is 3.87. The Labute approximate surface area is 139 Å². The highest BCUT2D eigenvalue weighted by molar-refractivity contribution is 6.35. The first-order valence-corrected chi connectivity index (χ1v) is 7.63. The Morgan fingerprint density at radius 2 is 1.58 bits per heavy atom. The van der Waals surface area contributed by atoms with Crippen LogP contribution in [-0.2, 0) is 4.79 Å². The monoisotopic (exact) mass is 314 g/mol. The van der Waals surface area contributed by atoms with E-state index in [-0.39, 0.29) is 11.9 Å². The molecule has 0 bridgehead atoms. The van der Waals surface area contributed by atoms with Crippen LogP contribution in [0.3, 0.4) is 0 Å². The van der Waals surface area contributed by atoms with Crippen LogP contribution in [0.2, 0.25) is 0 Å². The summed E-state index contributed by atoms with van der Waals surface area (Å²) in [5, 5.41) is 0.